The molecule has 2 unspecified atom stereocenters. The third-order valence-electron chi connectivity index (χ3n) is 1.75. The van der Waals surface area contributed by atoms with Crippen molar-refractivity contribution < 1.29 is 9.47 Å². The van der Waals surface area contributed by atoms with Crippen LogP contribution in [0.4, 0.5) is 0 Å². The van der Waals surface area contributed by atoms with Gasteiger partial charge in [-0.1, -0.05) is 17.7 Å². The van der Waals surface area contributed by atoms with Gasteiger partial charge in [0.05, 0.1) is 13.2 Å². The third-order valence-corrected chi connectivity index (χ3v) is 2.14. The van der Waals surface area contributed by atoms with E-state index < -0.39 is 5.06 Å². The number of rotatable bonds is 2. The van der Waals surface area contributed by atoms with Crippen molar-refractivity contribution in [1.29, 1.82) is 0 Å². The summed E-state index contributed by atoms with van der Waals surface area (Å²) in [6, 6.07) is -0.225. The maximum absolute atomic E-state index is 5.98. The lowest BCUT2D eigenvalue weighted by Gasteiger charge is -2.25. The molecule has 0 amide bonds. The molecule has 0 aromatic carbocycles. The van der Waals surface area contributed by atoms with E-state index in [2.05, 4.69) is 0 Å². The molecule has 0 aromatic heterocycles. The van der Waals surface area contributed by atoms with Gasteiger partial charge in [-0.2, -0.15) is 0 Å². The summed E-state index contributed by atoms with van der Waals surface area (Å²) in [6.07, 6.45) is 5.09. The predicted octanol–water partition coefficient (Wildman–Crippen LogP) is 0.995. The first-order valence-electron chi connectivity index (χ1n) is 3.57. The average molecular weight is 190 g/mol. The third kappa shape index (κ3) is 1.80. The van der Waals surface area contributed by atoms with E-state index in [1.54, 1.807) is 25.3 Å². The molecule has 0 saturated heterocycles. The van der Waals surface area contributed by atoms with Crippen LogP contribution in [0.5, 0.6) is 0 Å². The molecule has 0 heterocycles. The number of ether oxygens (including phenoxy) is 2. The number of nitrogens with two attached hydrogens (primary N) is 1. The van der Waals surface area contributed by atoms with Gasteiger partial charge in [-0.25, -0.2) is 0 Å². The van der Waals surface area contributed by atoms with Gasteiger partial charge in [0, 0.05) is 13.2 Å². The molecular formula is C8H12ClNO2. The Balaban J connectivity index is 2.86. The van der Waals surface area contributed by atoms with Crippen LogP contribution in [-0.4, -0.2) is 25.3 Å². The Morgan fingerprint density at radius 2 is 2.25 bits per heavy atom. The Bertz CT molecular complexity index is 227. The second kappa shape index (κ2) is 3.47. The molecular weight excluding hydrogens is 178 g/mol. The zero-order valence-electron chi connectivity index (χ0n) is 7.08. The topological polar surface area (TPSA) is 44.5 Å². The fourth-order valence-electron chi connectivity index (χ4n) is 0.990. The smallest absolute Gasteiger partial charge is 0.182 e. The molecule has 0 aliphatic heterocycles. The van der Waals surface area contributed by atoms with Gasteiger partial charge in [0.25, 0.3) is 0 Å². The lowest BCUT2D eigenvalue weighted by molar-refractivity contribution is 0.133. The molecule has 12 heavy (non-hydrogen) atoms. The summed E-state index contributed by atoms with van der Waals surface area (Å²) in [4.78, 5) is 0. The molecule has 4 heteroatoms. The van der Waals surface area contributed by atoms with Gasteiger partial charge in [-0.3, -0.25) is 0 Å². The van der Waals surface area contributed by atoms with Crippen LogP contribution in [0.2, 0.25) is 0 Å². The minimum Gasteiger partial charge on any atom is -0.499 e. The Labute approximate surface area is 76.8 Å². The number of alkyl halides is 1. The first kappa shape index (κ1) is 9.58. The molecule has 3 nitrogen and oxygen atoms in total. The van der Waals surface area contributed by atoms with Crippen molar-refractivity contribution in [2.75, 3.05) is 14.2 Å². The van der Waals surface area contributed by atoms with Crippen molar-refractivity contribution in [3.63, 3.8) is 0 Å². The van der Waals surface area contributed by atoms with Crippen molar-refractivity contribution in [2.45, 2.75) is 11.1 Å². The zero-order chi connectivity index (χ0) is 9.19. The van der Waals surface area contributed by atoms with Crippen LogP contribution in [0.3, 0.4) is 0 Å². The monoisotopic (exact) mass is 189 g/mol. The largest absolute Gasteiger partial charge is 0.499 e. The van der Waals surface area contributed by atoms with E-state index in [1.807, 2.05) is 0 Å². The van der Waals surface area contributed by atoms with Gasteiger partial charge < -0.3 is 15.2 Å². The normalized spacial score (nSPS) is 34.7. The maximum Gasteiger partial charge on any atom is 0.182 e. The number of methoxy groups -OCH3 is 2. The fraction of sp³-hybridized carbons (Fsp3) is 0.500. The van der Waals surface area contributed by atoms with Gasteiger partial charge in [0.1, 0.15) is 5.76 Å². The molecule has 68 valence electrons. The summed E-state index contributed by atoms with van der Waals surface area (Å²) in [7, 11) is 3.08. The first-order chi connectivity index (χ1) is 5.61. The lowest BCUT2D eigenvalue weighted by atomic mass is 10.1. The molecule has 0 radical (unpaired) electrons. The lowest BCUT2D eigenvalue weighted by Crippen LogP contribution is -2.31. The highest BCUT2D eigenvalue weighted by molar-refractivity contribution is 6.25. The quantitative estimate of drug-likeness (QED) is 0.521. The van der Waals surface area contributed by atoms with Crippen molar-refractivity contribution in [3.8, 4) is 0 Å². The minimum absolute atomic E-state index is 0.225. The summed E-state index contributed by atoms with van der Waals surface area (Å²) in [5, 5.41) is -0.902. The summed E-state index contributed by atoms with van der Waals surface area (Å²) in [5.74, 6) is 0.620. The van der Waals surface area contributed by atoms with Crippen molar-refractivity contribution in [1.82, 2.24) is 0 Å². The maximum atomic E-state index is 5.98. The highest BCUT2D eigenvalue weighted by Gasteiger charge is 2.27. The van der Waals surface area contributed by atoms with E-state index in [0.29, 0.717) is 5.76 Å². The van der Waals surface area contributed by atoms with Crippen molar-refractivity contribution in [2.24, 2.45) is 5.73 Å². The molecule has 2 atom stereocenters. The molecule has 1 aliphatic carbocycles. The molecule has 0 spiro atoms. The SMILES string of the molecule is COC1=CC(Cl)(OC)C=CC1N. The van der Waals surface area contributed by atoms with Crippen LogP contribution in [0.15, 0.2) is 24.0 Å². The van der Waals surface area contributed by atoms with Crippen molar-refractivity contribution in [3.05, 3.63) is 24.0 Å². The Hall–Kier alpha value is -0.510. The van der Waals surface area contributed by atoms with Crippen LogP contribution >= 0.6 is 11.6 Å². The molecule has 1 aliphatic rings. The van der Waals surface area contributed by atoms with Crippen LogP contribution in [0.1, 0.15) is 0 Å². The van der Waals surface area contributed by atoms with E-state index >= 15 is 0 Å². The predicted molar refractivity (Wildman–Crippen MR) is 47.8 cm³/mol. The van der Waals surface area contributed by atoms with Gasteiger partial charge in [-0.05, 0) is 6.08 Å². The molecule has 0 saturated carbocycles. The minimum atomic E-state index is -0.902. The van der Waals surface area contributed by atoms with E-state index in [9.17, 15) is 0 Å². The second-order valence-electron chi connectivity index (χ2n) is 2.54. The Morgan fingerprint density at radius 1 is 1.58 bits per heavy atom. The van der Waals surface area contributed by atoms with E-state index in [0.717, 1.165) is 0 Å². The van der Waals surface area contributed by atoms with Crippen LogP contribution in [0, 0.1) is 0 Å². The first-order valence-corrected chi connectivity index (χ1v) is 3.95. The zero-order valence-corrected chi connectivity index (χ0v) is 7.84. The van der Waals surface area contributed by atoms with Crippen LogP contribution < -0.4 is 5.73 Å². The van der Waals surface area contributed by atoms with Crippen LogP contribution in [0.25, 0.3) is 0 Å². The molecule has 0 bridgehead atoms. The second-order valence-corrected chi connectivity index (χ2v) is 3.13. The van der Waals surface area contributed by atoms with Gasteiger partial charge in [-0.15, -0.1) is 0 Å². The summed E-state index contributed by atoms with van der Waals surface area (Å²) < 4.78 is 10.0. The number of hydrogen-bond acceptors (Lipinski definition) is 3. The van der Waals surface area contributed by atoms with Gasteiger partial charge in [0.2, 0.25) is 0 Å². The summed E-state index contributed by atoms with van der Waals surface area (Å²) in [5.41, 5.74) is 5.67. The average Bonchev–Trinajstić information content (AvgIpc) is 2.10. The van der Waals surface area contributed by atoms with Crippen LogP contribution in [-0.2, 0) is 9.47 Å². The van der Waals surface area contributed by atoms with E-state index in [-0.39, 0.29) is 6.04 Å². The fourth-order valence-corrected chi connectivity index (χ4v) is 1.17. The number of hydrogen-bond donors (Lipinski definition) is 1. The summed E-state index contributed by atoms with van der Waals surface area (Å²) >= 11 is 5.98. The molecule has 0 aromatic rings. The van der Waals surface area contributed by atoms with E-state index in [4.69, 9.17) is 26.8 Å². The summed E-state index contributed by atoms with van der Waals surface area (Å²) in [6.45, 7) is 0. The van der Waals surface area contributed by atoms with Gasteiger partial charge in [0.15, 0.2) is 5.06 Å². The standard InChI is InChI=1S/C8H12ClNO2/c1-11-7-5-8(9,12-2)4-3-6(7)10/h3-6H,10H2,1-2H3. The molecule has 2 N–H and O–H groups in total. The van der Waals surface area contributed by atoms with Gasteiger partial charge >= 0.3 is 0 Å². The Morgan fingerprint density at radius 3 is 2.75 bits per heavy atom. The molecule has 1 rings (SSSR count). The molecule has 0 fully saturated rings. The highest BCUT2D eigenvalue weighted by Crippen LogP contribution is 2.26. The van der Waals surface area contributed by atoms with E-state index in [1.165, 1.54) is 7.11 Å². The number of halogens is 1. The van der Waals surface area contributed by atoms with Crippen molar-refractivity contribution >= 4 is 11.6 Å². The Kier molecular flexibility index (Phi) is 2.77. The highest BCUT2D eigenvalue weighted by atomic mass is 35.5.